The summed E-state index contributed by atoms with van der Waals surface area (Å²) in [5.41, 5.74) is 3.22. The first-order chi connectivity index (χ1) is 8.17. The number of allylic oxidation sites excluding steroid dienone is 4. The summed E-state index contributed by atoms with van der Waals surface area (Å²) in [7, 11) is 1.84. The zero-order valence-electron chi connectivity index (χ0n) is 10.7. The second kappa shape index (κ2) is 6.69. The van der Waals surface area contributed by atoms with Crippen molar-refractivity contribution in [3.63, 3.8) is 0 Å². The minimum absolute atomic E-state index is 0.161. The molecular weight excluding hydrogens is 210 g/mol. The number of hydrogen-bond acceptors (Lipinski definition) is 2. The van der Waals surface area contributed by atoms with Crippen LogP contribution in [0.4, 0.5) is 0 Å². The molecule has 0 amide bonds. The van der Waals surface area contributed by atoms with Crippen LogP contribution < -0.4 is 5.32 Å². The van der Waals surface area contributed by atoms with Crippen LogP contribution >= 0.6 is 0 Å². The van der Waals surface area contributed by atoms with Crippen molar-refractivity contribution in [3.8, 4) is 0 Å². The average Bonchev–Trinajstić information content (AvgIpc) is 2.35. The summed E-state index contributed by atoms with van der Waals surface area (Å²) >= 11 is 0. The van der Waals surface area contributed by atoms with Crippen molar-refractivity contribution in [2.75, 3.05) is 7.05 Å². The Hall–Kier alpha value is -1.83. The van der Waals surface area contributed by atoms with Gasteiger partial charge in [0.2, 0.25) is 0 Å². The summed E-state index contributed by atoms with van der Waals surface area (Å²) < 4.78 is 0. The van der Waals surface area contributed by atoms with Crippen molar-refractivity contribution in [3.05, 3.63) is 53.7 Å². The van der Waals surface area contributed by atoms with Crippen molar-refractivity contribution in [1.29, 1.82) is 0 Å². The molecule has 2 nitrogen and oxygen atoms in total. The SMILES string of the molecule is C/C=C(\C=C(/CC(C)=O)NC)c1ccccc1. The molecule has 0 aliphatic carbocycles. The van der Waals surface area contributed by atoms with Crippen molar-refractivity contribution in [1.82, 2.24) is 5.32 Å². The first kappa shape index (κ1) is 13.2. The summed E-state index contributed by atoms with van der Waals surface area (Å²) in [5, 5.41) is 3.07. The van der Waals surface area contributed by atoms with Gasteiger partial charge in [-0.3, -0.25) is 4.79 Å². The third-order valence-corrected chi connectivity index (χ3v) is 2.51. The molecule has 0 atom stereocenters. The lowest BCUT2D eigenvalue weighted by molar-refractivity contribution is -0.116. The van der Waals surface area contributed by atoms with Gasteiger partial charge in [0.1, 0.15) is 5.78 Å². The molecule has 0 bridgehead atoms. The highest BCUT2D eigenvalue weighted by Gasteiger charge is 2.02. The van der Waals surface area contributed by atoms with Crippen LogP contribution in [0.1, 0.15) is 25.8 Å². The second-order valence-corrected chi connectivity index (χ2v) is 3.91. The highest BCUT2D eigenvalue weighted by molar-refractivity contribution is 5.80. The minimum Gasteiger partial charge on any atom is -0.391 e. The first-order valence-corrected chi connectivity index (χ1v) is 5.77. The maximum atomic E-state index is 11.1. The van der Waals surface area contributed by atoms with Gasteiger partial charge in [-0.1, -0.05) is 36.4 Å². The Balaban J connectivity index is 2.96. The molecule has 1 rings (SSSR count). The molecule has 90 valence electrons. The summed E-state index contributed by atoms with van der Waals surface area (Å²) in [6.45, 7) is 3.60. The molecule has 0 aromatic heterocycles. The first-order valence-electron chi connectivity index (χ1n) is 5.77. The Kier molecular flexibility index (Phi) is 5.21. The van der Waals surface area contributed by atoms with Crippen LogP contribution in [-0.4, -0.2) is 12.8 Å². The van der Waals surface area contributed by atoms with E-state index in [-0.39, 0.29) is 5.78 Å². The number of nitrogens with one attached hydrogen (secondary N) is 1. The van der Waals surface area contributed by atoms with Crippen molar-refractivity contribution in [2.24, 2.45) is 0 Å². The van der Waals surface area contributed by atoms with E-state index in [4.69, 9.17) is 0 Å². The molecule has 0 heterocycles. The van der Waals surface area contributed by atoms with Gasteiger partial charge < -0.3 is 5.32 Å². The molecule has 0 spiro atoms. The number of Topliss-reactive ketones (excluding diaryl/α,β-unsaturated/α-hetero) is 1. The molecule has 0 saturated heterocycles. The predicted molar refractivity (Wildman–Crippen MR) is 72.5 cm³/mol. The van der Waals surface area contributed by atoms with Crippen LogP contribution in [0.5, 0.6) is 0 Å². The highest BCUT2D eigenvalue weighted by Crippen LogP contribution is 2.17. The van der Waals surface area contributed by atoms with Gasteiger partial charge in [0.05, 0.1) is 0 Å². The van der Waals surface area contributed by atoms with E-state index in [1.165, 1.54) is 0 Å². The normalized spacial score (nSPS) is 12.4. The van der Waals surface area contributed by atoms with Gasteiger partial charge in [-0.15, -0.1) is 0 Å². The molecule has 1 aromatic rings. The summed E-state index contributed by atoms with van der Waals surface area (Å²) in [6, 6.07) is 10.1. The summed E-state index contributed by atoms with van der Waals surface area (Å²) in [4.78, 5) is 11.1. The number of benzene rings is 1. The van der Waals surface area contributed by atoms with Crippen LogP contribution in [-0.2, 0) is 4.79 Å². The maximum Gasteiger partial charge on any atom is 0.135 e. The van der Waals surface area contributed by atoms with Crippen molar-refractivity contribution >= 4 is 11.4 Å². The molecule has 0 radical (unpaired) electrons. The van der Waals surface area contributed by atoms with E-state index in [9.17, 15) is 4.79 Å². The zero-order valence-corrected chi connectivity index (χ0v) is 10.7. The molecular formula is C15H19NO. The van der Waals surface area contributed by atoms with Gasteiger partial charge in [-0.05, 0) is 31.1 Å². The van der Waals surface area contributed by atoms with Crippen molar-refractivity contribution in [2.45, 2.75) is 20.3 Å². The van der Waals surface area contributed by atoms with Crippen LogP contribution in [0.15, 0.2) is 48.2 Å². The van der Waals surface area contributed by atoms with Crippen LogP contribution in [0, 0.1) is 0 Å². The quantitative estimate of drug-likeness (QED) is 0.786. The topological polar surface area (TPSA) is 29.1 Å². The van der Waals surface area contributed by atoms with E-state index in [1.807, 2.05) is 44.3 Å². The van der Waals surface area contributed by atoms with Crippen LogP contribution in [0.2, 0.25) is 0 Å². The van der Waals surface area contributed by atoms with E-state index in [0.29, 0.717) is 6.42 Å². The predicted octanol–water partition coefficient (Wildman–Crippen LogP) is 3.17. The van der Waals surface area contributed by atoms with Gasteiger partial charge in [0.25, 0.3) is 0 Å². The zero-order chi connectivity index (χ0) is 12.7. The Morgan fingerprint density at radius 3 is 2.41 bits per heavy atom. The Morgan fingerprint density at radius 2 is 1.94 bits per heavy atom. The van der Waals surface area contributed by atoms with Gasteiger partial charge in [0.15, 0.2) is 0 Å². The highest BCUT2D eigenvalue weighted by atomic mass is 16.1. The van der Waals surface area contributed by atoms with Gasteiger partial charge in [0, 0.05) is 19.2 Å². The van der Waals surface area contributed by atoms with Gasteiger partial charge >= 0.3 is 0 Å². The second-order valence-electron chi connectivity index (χ2n) is 3.91. The lowest BCUT2D eigenvalue weighted by Gasteiger charge is -2.07. The number of rotatable bonds is 5. The number of carbonyl (C=O) groups is 1. The fourth-order valence-electron chi connectivity index (χ4n) is 1.63. The monoisotopic (exact) mass is 229 g/mol. The third-order valence-electron chi connectivity index (χ3n) is 2.51. The standard InChI is InChI=1S/C15H19NO/c1-4-13(14-8-6-5-7-9-14)11-15(16-3)10-12(2)17/h4-9,11,16H,10H2,1-3H3/b13-4+,15-11+. The summed E-state index contributed by atoms with van der Waals surface area (Å²) in [6.07, 6.45) is 4.52. The van der Waals surface area contributed by atoms with Crippen LogP contribution in [0.3, 0.4) is 0 Å². The minimum atomic E-state index is 0.161. The fraction of sp³-hybridized carbons (Fsp3) is 0.267. The van der Waals surface area contributed by atoms with E-state index < -0.39 is 0 Å². The lowest BCUT2D eigenvalue weighted by Crippen LogP contribution is -2.09. The van der Waals surface area contributed by atoms with E-state index in [1.54, 1.807) is 6.92 Å². The molecule has 17 heavy (non-hydrogen) atoms. The Morgan fingerprint density at radius 1 is 1.29 bits per heavy atom. The maximum absolute atomic E-state index is 11.1. The average molecular weight is 229 g/mol. The van der Waals surface area contributed by atoms with Crippen LogP contribution in [0.25, 0.3) is 5.57 Å². The van der Waals surface area contributed by atoms with Crippen molar-refractivity contribution < 1.29 is 4.79 Å². The molecule has 0 aliphatic rings. The van der Waals surface area contributed by atoms with Gasteiger partial charge in [-0.25, -0.2) is 0 Å². The number of carbonyl (C=O) groups excluding carboxylic acids is 1. The summed E-state index contributed by atoms with van der Waals surface area (Å²) in [5.74, 6) is 0.161. The van der Waals surface area contributed by atoms with E-state index >= 15 is 0 Å². The molecule has 2 heteroatoms. The fourth-order valence-corrected chi connectivity index (χ4v) is 1.63. The van der Waals surface area contributed by atoms with Gasteiger partial charge in [-0.2, -0.15) is 0 Å². The molecule has 1 aromatic carbocycles. The molecule has 1 N–H and O–H groups in total. The third kappa shape index (κ3) is 4.27. The smallest absolute Gasteiger partial charge is 0.135 e. The largest absolute Gasteiger partial charge is 0.391 e. The Bertz CT molecular complexity index is 429. The number of ketones is 1. The lowest BCUT2D eigenvalue weighted by atomic mass is 10.0. The Labute approximate surface area is 103 Å². The number of hydrogen-bond donors (Lipinski definition) is 1. The molecule has 0 aliphatic heterocycles. The van der Waals surface area contributed by atoms with E-state index in [0.717, 1.165) is 16.8 Å². The molecule has 0 unspecified atom stereocenters. The van der Waals surface area contributed by atoms with E-state index in [2.05, 4.69) is 17.4 Å². The molecule has 0 saturated carbocycles. The molecule has 0 fully saturated rings.